The summed E-state index contributed by atoms with van der Waals surface area (Å²) in [5.74, 6) is 0.927. The largest absolute Gasteiger partial charge is 0.494 e. The van der Waals surface area contributed by atoms with Crippen molar-refractivity contribution < 1.29 is 4.74 Å². The van der Waals surface area contributed by atoms with Crippen LogP contribution in [0.25, 0.3) is 0 Å². The summed E-state index contributed by atoms with van der Waals surface area (Å²) < 4.78 is 5.52. The van der Waals surface area contributed by atoms with Gasteiger partial charge in [-0.1, -0.05) is 31.5 Å². The first-order chi connectivity index (χ1) is 6.79. The highest BCUT2D eigenvalue weighted by molar-refractivity contribution is 5.35. The molecule has 0 aliphatic heterocycles. The quantitative estimate of drug-likeness (QED) is 0.780. The summed E-state index contributed by atoms with van der Waals surface area (Å²) >= 11 is 0. The number of rotatable bonds is 5. The van der Waals surface area contributed by atoms with E-state index in [1.807, 2.05) is 31.2 Å². The lowest BCUT2D eigenvalue weighted by Gasteiger charge is -2.15. The van der Waals surface area contributed by atoms with Crippen LogP contribution in [-0.4, -0.2) is 6.61 Å². The number of ether oxygens (including phenoxy) is 1. The van der Waals surface area contributed by atoms with Gasteiger partial charge in [0.1, 0.15) is 5.75 Å². The van der Waals surface area contributed by atoms with Crippen molar-refractivity contribution in [2.24, 2.45) is 5.73 Å². The molecule has 78 valence electrons. The molecule has 1 aromatic rings. The average molecular weight is 193 g/mol. The molecule has 0 amide bonds. The van der Waals surface area contributed by atoms with Gasteiger partial charge in [0.2, 0.25) is 0 Å². The lowest BCUT2D eigenvalue weighted by molar-refractivity contribution is 0.333. The van der Waals surface area contributed by atoms with Crippen LogP contribution >= 0.6 is 0 Å². The van der Waals surface area contributed by atoms with E-state index in [0.29, 0.717) is 6.61 Å². The molecule has 1 atom stereocenters. The molecule has 0 aliphatic rings. The summed E-state index contributed by atoms with van der Waals surface area (Å²) in [4.78, 5) is 0. The zero-order valence-corrected chi connectivity index (χ0v) is 8.99. The molecule has 14 heavy (non-hydrogen) atoms. The maximum atomic E-state index is 6.06. The summed E-state index contributed by atoms with van der Waals surface area (Å²) in [6.45, 7) is 4.82. The molecule has 1 aromatic carbocycles. The molecule has 0 bridgehead atoms. The van der Waals surface area contributed by atoms with Crippen molar-refractivity contribution in [3.05, 3.63) is 29.8 Å². The third-order valence-electron chi connectivity index (χ3n) is 2.22. The Morgan fingerprint density at radius 3 is 2.64 bits per heavy atom. The number of nitrogens with two attached hydrogens (primary N) is 1. The van der Waals surface area contributed by atoms with Crippen LogP contribution in [0.3, 0.4) is 0 Å². The Bertz CT molecular complexity index is 273. The Kier molecular flexibility index (Phi) is 4.47. The van der Waals surface area contributed by atoms with E-state index in [4.69, 9.17) is 10.5 Å². The van der Waals surface area contributed by atoms with Crippen LogP contribution < -0.4 is 10.5 Å². The van der Waals surface area contributed by atoms with Crippen LogP contribution in [0.4, 0.5) is 0 Å². The number of hydrogen-bond acceptors (Lipinski definition) is 2. The molecule has 2 nitrogen and oxygen atoms in total. The van der Waals surface area contributed by atoms with E-state index in [0.717, 1.165) is 24.2 Å². The fraction of sp³-hybridized carbons (Fsp3) is 0.500. The molecule has 0 spiro atoms. The summed E-state index contributed by atoms with van der Waals surface area (Å²) in [5.41, 5.74) is 7.18. The highest BCUT2D eigenvalue weighted by Gasteiger charge is 2.09. The third-order valence-corrected chi connectivity index (χ3v) is 2.22. The lowest BCUT2D eigenvalue weighted by atomic mass is 10.0. The number of hydrogen-bond donors (Lipinski definition) is 1. The fourth-order valence-corrected chi connectivity index (χ4v) is 1.54. The van der Waals surface area contributed by atoms with Crippen LogP contribution in [0.15, 0.2) is 24.3 Å². The Labute approximate surface area is 86.1 Å². The van der Waals surface area contributed by atoms with Crippen molar-refractivity contribution in [1.29, 1.82) is 0 Å². The van der Waals surface area contributed by atoms with E-state index in [2.05, 4.69) is 6.92 Å². The molecule has 2 N–H and O–H groups in total. The first-order valence-corrected chi connectivity index (χ1v) is 5.26. The van der Waals surface area contributed by atoms with Gasteiger partial charge in [0.05, 0.1) is 6.61 Å². The predicted molar refractivity (Wildman–Crippen MR) is 59.4 cm³/mol. The monoisotopic (exact) mass is 193 g/mol. The van der Waals surface area contributed by atoms with Gasteiger partial charge in [-0.3, -0.25) is 0 Å². The Hall–Kier alpha value is -1.02. The van der Waals surface area contributed by atoms with Gasteiger partial charge in [-0.25, -0.2) is 0 Å². The molecular weight excluding hydrogens is 174 g/mol. The second kappa shape index (κ2) is 5.66. The molecule has 1 rings (SSSR count). The molecule has 0 radical (unpaired) electrons. The Balaban J connectivity index is 2.82. The standard InChI is InChI=1S/C12H19NO/c1-3-7-11(13)10-8-5-6-9-12(10)14-4-2/h5-6,8-9,11H,3-4,7,13H2,1-2H3. The lowest BCUT2D eigenvalue weighted by Crippen LogP contribution is -2.11. The van der Waals surface area contributed by atoms with E-state index < -0.39 is 0 Å². The zero-order valence-electron chi connectivity index (χ0n) is 8.99. The number of para-hydroxylation sites is 1. The minimum Gasteiger partial charge on any atom is -0.494 e. The minimum absolute atomic E-state index is 0.0998. The third kappa shape index (κ3) is 2.74. The van der Waals surface area contributed by atoms with Gasteiger partial charge in [-0.2, -0.15) is 0 Å². The van der Waals surface area contributed by atoms with Gasteiger partial charge in [0.25, 0.3) is 0 Å². The topological polar surface area (TPSA) is 35.2 Å². The highest BCUT2D eigenvalue weighted by atomic mass is 16.5. The van der Waals surface area contributed by atoms with Crippen molar-refractivity contribution in [1.82, 2.24) is 0 Å². The van der Waals surface area contributed by atoms with E-state index in [1.165, 1.54) is 0 Å². The van der Waals surface area contributed by atoms with Crippen molar-refractivity contribution in [3.63, 3.8) is 0 Å². The van der Waals surface area contributed by atoms with Crippen molar-refractivity contribution in [2.75, 3.05) is 6.61 Å². The molecule has 2 heteroatoms. The first-order valence-electron chi connectivity index (χ1n) is 5.26. The van der Waals surface area contributed by atoms with Gasteiger partial charge >= 0.3 is 0 Å². The smallest absolute Gasteiger partial charge is 0.124 e. The van der Waals surface area contributed by atoms with Crippen LogP contribution in [0.2, 0.25) is 0 Å². The normalized spacial score (nSPS) is 12.5. The molecule has 0 aromatic heterocycles. The van der Waals surface area contributed by atoms with Crippen molar-refractivity contribution in [3.8, 4) is 5.75 Å². The summed E-state index contributed by atoms with van der Waals surface area (Å²) in [6.07, 6.45) is 2.10. The maximum Gasteiger partial charge on any atom is 0.124 e. The van der Waals surface area contributed by atoms with Gasteiger partial charge in [0, 0.05) is 11.6 Å². The van der Waals surface area contributed by atoms with Crippen molar-refractivity contribution >= 4 is 0 Å². The molecular formula is C12H19NO. The summed E-state index contributed by atoms with van der Waals surface area (Å²) in [6, 6.07) is 8.11. The molecule has 0 aliphatic carbocycles. The Morgan fingerprint density at radius 1 is 1.29 bits per heavy atom. The van der Waals surface area contributed by atoms with Gasteiger partial charge in [-0.05, 0) is 19.4 Å². The van der Waals surface area contributed by atoms with Gasteiger partial charge in [0.15, 0.2) is 0 Å². The highest BCUT2D eigenvalue weighted by Crippen LogP contribution is 2.26. The van der Waals surface area contributed by atoms with Crippen molar-refractivity contribution in [2.45, 2.75) is 32.7 Å². The van der Waals surface area contributed by atoms with E-state index in [1.54, 1.807) is 0 Å². The first kappa shape index (κ1) is 11.1. The second-order valence-corrected chi connectivity index (χ2v) is 3.37. The molecule has 0 saturated carbocycles. The van der Waals surface area contributed by atoms with Crippen LogP contribution in [-0.2, 0) is 0 Å². The molecule has 0 heterocycles. The molecule has 0 fully saturated rings. The average Bonchev–Trinajstić information content (AvgIpc) is 2.19. The van der Waals surface area contributed by atoms with E-state index in [-0.39, 0.29) is 6.04 Å². The molecule has 0 saturated heterocycles. The van der Waals surface area contributed by atoms with Gasteiger partial charge < -0.3 is 10.5 Å². The zero-order chi connectivity index (χ0) is 10.4. The van der Waals surface area contributed by atoms with Crippen LogP contribution in [0.1, 0.15) is 38.3 Å². The minimum atomic E-state index is 0.0998. The SMILES string of the molecule is CCCC(N)c1ccccc1OCC. The summed E-state index contributed by atoms with van der Waals surface area (Å²) in [5, 5.41) is 0. The molecule has 1 unspecified atom stereocenters. The van der Waals surface area contributed by atoms with E-state index >= 15 is 0 Å². The van der Waals surface area contributed by atoms with Crippen LogP contribution in [0, 0.1) is 0 Å². The van der Waals surface area contributed by atoms with E-state index in [9.17, 15) is 0 Å². The Morgan fingerprint density at radius 2 is 2.00 bits per heavy atom. The summed E-state index contributed by atoms with van der Waals surface area (Å²) in [7, 11) is 0. The predicted octanol–water partition coefficient (Wildman–Crippen LogP) is 2.89. The van der Waals surface area contributed by atoms with Crippen LogP contribution in [0.5, 0.6) is 5.75 Å². The number of benzene rings is 1. The van der Waals surface area contributed by atoms with Gasteiger partial charge in [-0.15, -0.1) is 0 Å². The fourth-order valence-electron chi connectivity index (χ4n) is 1.54. The maximum absolute atomic E-state index is 6.06. The second-order valence-electron chi connectivity index (χ2n) is 3.37.